The number of ether oxygens (including phenoxy) is 3. The molecule has 0 unspecified atom stereocenters. The predicted molar refractivity (Wildman–Crippen MR) is 108 cm³/mol. The third kappa shape index (κ3) is 3.36. The largest absolute Gasteiger partial charge is 0.505 e. The van der Waals surface area contributed by atoms with Crippen LogP contribution in [0.2, 0.25) is 0 Å². The number of nitrogens with one attached hydrogen (secondary N) is 2. The number of carbonyl (C=O) groups excluding carboxylic acids is 3. The summed E-state index contributed by atoms with van der Waals surface area (Å²) in [6.45, 7) is 2.43. The Labute approximate surface area is 171 Å². The summed E-state index contributed by atoms with van der Waals surface area (Å²) in [5, 5.41) is 14.5. The Morgan fingerprint density at radius 3 is 2.33 bits per heavy atom. The first-order chi connectivity index (χ1) is 14.4. The van der Waals surface area contributed by atoms with Crippen LogP contribution in [0.1, 0.15) is 44.7 Å². The van der Waals surface area contributed by atoms with E-state index in [0.717, 1.165) is 6.42 Å². The van der Waals surface area contributed by atoms with E-state index < -0.39 is 17.9 Å². The van der Waals surface area contributed by atoms with E-state index in [1.807, 2.05) is 6.92 Å². The van der Waals surface area contributed by atoms with Gasteiger partial charge in [0.2, 0.25) is 0 Å². The molecule has 2 heterocycles. The Balaban J connectivity index is 2.52. The maximum absolute atomic E-state index is 12.6. The molecule has 0 radical (unpaired) electrons. The number of hydrogen-bond acceptors (Lipinski definition) is 9. The number of esters is 3. The molecule has 10 nitrogen and oxygen atoms in total. The van der Waals surface area contributed by atoms with Gasteiger partial charge in [0.05, 0.1) is 37.9 Å². The van der Waals surface area contributed by atoms with Crippen LogP contribution in [0.25, 0.3) is 21.8 Å². The first-order valence-electron chi connectivity index (χ1n) is 9.09. The standard InChI is InChI=1S/C20H21N3O7/c1-5-6-21-16-15-13(9(18(25)28-2)7-11(23-15)19(26)29-3)14-10(17(16)24)8-12(22-14)20(27)30-4/h7-8,21,23-24H,5-6H2,1-4H3. The number of aromatic nitrogens is 2. The zero-order chi connectivity index (χ0) is 22.0. The number of phenols is 1. The number of benzene rings is 1. The third-order valence-electron chi connectivity index (χ3n) is 4.57. The Morgan fingerprint density at radius 1 is 1.07 bits per heavy atom. The zero-order valence-electron chi connectivity index (χ0n) is 16.9. The minimum atomic E-state index is -0.727. The highest BCUT2D eigenvalue weighted by Crippen LogP contribution is 2.42. The quantitative estimate of drug-likeness (QED) is 0.315. The Morgan fingerprint density at radius 2 is 1.73 bits per heavy atom. The van der Waals surface area contributed by atoms with Gasteiger partial charge in [-0.15, -0.1) is 0 Å². The molecular formula is C20H21N3O7. The van der Waals surface area contributed by atoms with Crippen LogP contribution in [-0.4, -0.2) is 60.9 Å². The molecule has 3 N–H and O–H groups in total. The van der Waals surface area contributed by atoms with E-state index in [4.69, 9.17) is 14.2 Å². The second-order valence-electron chi connectivity index (χ2n) is 6.38. The summed E-state index contributed by atoms with van der Waals surface area (Å²) in [7, 11) is 3.62. The molecule has 0 aliphatic heterocycles. The van der Waals surface area contributed by atoms with Crippen LogP contribution in [-0.2, 0) is 14.2 Å². The lowest BCUT2D eigenvalue weighted by molar-refractivity contribution is 0.0583. The summed E-state index contributed by atoms with van der Waals surface area (Å²) < 4.78 is 14.4. The fourth-order valence-electron chi connectivity index (χ4n) is 3.18. The van der Waals surface area contributed by atoms with Gasteiger partial charge in [-0.25, -0.2) is 19.4 Å². The lowest BCUT2D eigenvalue weighted by Gasteiger charge is -2.16. The number of aromatic amines is 1. The van der Waals surface area contributed by atoms with Gasteiger partial charge in [0.15, 0.2) is 0 Å². The number of hydrogen-bond donors (Lipinski definition) is 3. The van der Waals surface area contributed by atoms with E-state index in [2.05, 4.69) is 15.3 Å². The van der Waals surface area contributed by atoms with Gasteiger partial charge in [0, 0.05) is 17.3 Å². The summed E-state index contributed by atoms with van der Waals surface area (Å²) in [5.41, 5.74) is 0.627. The van der Waals surface area contributed by atoms with Crippen molar-refractivity contribution >= 4 is 45.4 Å². The van der Waals surface area contributed by atoms with Crippen LogP contribution in [0.3, 0.4) is 0 Å². The SMILES string of the molecule is CCCNc1c(O)c2cc(C(=O)OC)nc2c2c(C(=O)OC)cc(C(=O)OC)[nH]c12. The number of phenolic OH excluding ortho intramolecular Hbond substituents is 1. The number of pyridine rings is 1. The number of aromatic hydroxyl groups is 1. The highest BCUT2D eigenvalue weighted by Gasteiger charge is 2.26. The van der Waals surface area contributed by atoms with Crippen molar-refractivity contribution in [1.82, 2.24) is 9.97 Å². The summed E-state index contributed by atoms with van der Waals surface area (Å²) in [6, 6.07) is 2.66. The smallest absolute Gasteiger partial charge is 0.356 e. The molecule has 0 aliphatic rings. The van der Waals surface area contributed by atoms with E-state index in [1.54, 1.807) is 0 Å². The first kappa shape index (κ1) is 20.9. The number of H-pyrrole nitrogens is 1. The fraction of sp³-hybridized carbons (Fsp3) is 0.300. The van der Waals surface area contributed by atoms with Crippen molar-refractivity contribution in [2.24, 2.45) is 0 Å². The molecule has 1 aromatic carbocycles. The van der Waals surface area contributed by atoms with Gasteiger partial charge in [0.1, 0.15) is 22.8 Å². The van der Waals surface area contributed by atoms with E-state index in [-0.39, 0.29) is 50.2 Å². The number of rotatable bonds is 6. The minimum Gasteiger partial charge on any atom is -0.505 e. The minimum absolute atomic E-state index is 0.0192. The molecule has 3 rings (SSSR count). The molecule has 0 atom stereocenters. The molecule has 0 bridgehead atoms. The van der Waals surface area contributed by atoms with E-state index >= 15 is 0 Å². The second kappa shape index (κ2) is 8.27. The normalized spacial score (nSPS) is 10.8. The van der Waals surface area contributed by atoms with Crippen molar-refractivity contribution in [3.63, 3.8) is 0 Å². The molecule has 3 aromatic rings. The summed E-state index contributed by atoms with van der Waals surface area (Å²) in [6.07, 6.45) is 0.742. The van der Waals surface area contributed by atoms with Gasteiger partial charge in [-0.2, -0.15) is 0 Å². The number of fused-ring (bicyclic) bond motifs is 3. The molecule has 158 valence electrons. The summed E-state index contributed by atoms with van der Waals surface area (Å²) in [4.78, 5) is 43.9. The molecule has 0 saturated heterocycles. The van der Waals surface area contributed by atoms with Gasteiger partial charge in [-0.3, -0.25) is 0 Å². The molecule has 2 aromatic heterocycles. The van der Waals surface area contributed by atoms with Crippen LogP contribution in [0.15, 0.2) is 12.1 Å². The predicted octanol–water partition coefficient (Wildman–Crippen LogP) is 2.60. The van der Waals surface area contributed by atoms with Crippen molar-refractivity contribution in [2.75, 3.05) is 33.2 Å². The van der Waals surface area contributed by atoms with Crippen molar-refractivity contribution in [3.05, 3.63) is 29.1 Å². The van der Waals surface area contributed by atoms with Gasteiger partial charge in [-0.1, -0.05) is 6.92 Å². The van der Waals surface area contributed by atoms with Gasteiger partial charge in [0.25, 0.3) is 0 Å². The van der Waals surface area contributed by atoms with Crippen LogP contribution < -0.4 is 5.32 Å². The molecule has 10 heteroatoms. The van der Waals surface area contributed by atoms with E-state index in [1.165, 1.54) is 33.5 Å². The second-order valence-corrected chi connectivity index (χ2v) is 6.38. The lowest BCUT2D eigenvalue weighted by atomic mass is 10.0. The van der Waals surface area contributed by atoms with Gasteiger partial charge >= 0.3 is 17.9 Å². The molecule has 0 saturated carbocycles. The molecule has 0 aliphatic carbocycles. The average Bonchev–Trinajstić information content (AvgIpc) is 3.22. The van der Waals surface area contributed by atoms with Crippen molar-refractivity contribution in [3.8, 4) is 5.75 Å². The Kier molecular flexibility index (Phi) is 5.77. The highest BCUT2D eigenvalue weighted by atomic mass is 16.5. The maximum Gasteiger partial charge on any atom is 0.356 e. The number of methoxy groups -OCH3 is 3. The molecule has 0 spiro atoms. The van der Waals surface area contributed by atoms with E-state index in [9.17, 15) is 19.5 Å². The molecule has 0 amide bonds. The number of carbonyl (C=O) groups is 3. The van der Waals surface area contributed by atoms with Gasteiger partial charge in [-0.05, 0) is 18.6 Å². The van der Waals surface area contributed by atoms with Crippen molar-refractivity contribution < 1.29 is 33.7 Å². The topological polar surface area (TPSA) is 140 Å². The van der Waals surface area contributed by atoms with Crippen molar-refractivity contribution in [1.29, 1.82) is 0 Å². The van der Waals surface area contributed by atoms with Gasteiger partial charge < -0.3 is 29.6 Å². The molecule has 0 fully saturated rings. The monoisotopic (exact) mass is 415 g/mol. The maximum atomic E-state index is 12.6. The van der Waals surface area contributed by atoms with E-state index in [0.29, 0.717) is 6.54 Å². The zero-order valence-corrected chi connectivity index (χ0v) is 16.9. The number of nitrogens with zero attached hydrogens (tertiary/aromatic N) is 1. The first-order valence-corrected chi connectivity index (χ1v) is 9.09. The summed E-state index contributed by atoms with van der Waals surface area (Å²) in [5.74, 6) is -2.33. The highest BCUT2D eigenvalue weighted by molar-refractivity contribution is 6.22. The third-order valence-corrected chi connectivity index (χ3v) is 4.57. The molecular weight excluding hydrogens is 394 g/mol. The van der Waals surface area contributed by atoms with Crippen LogP contribution in [0, 0.1) is 0 Å². The van der Waals surface area contributed by atoms with Crippen molar-refractivity contribution in [2.45, 2.75) is 13.3 Å². The Hall–Kier alpha value is -3.82. The van der Waals surface area contributed by atoms with Crippen LogP contribution in [0.5, 0.6) is 5.75 Å². The Bertz CT molecular complexity index is 1170. The van der Waals surface area contributed by atoms with Crippen LogP contribution in [0.4, 0.5) is 5.69 Å². The average molecular weight is 415 g/mol. The lowest BCUT2D eigenvalue weighted by Crippen LogP contribution is -2.11. The fourth-order valence-corrected chi connectivity index (χ4v) is 3.18. The summed E-state index contributed by atoms with van der Waals surface area (Å²) >= 11 is 0. The van der Waals surface area contributed by atoms with Crippen LogP contribution >= 0.6 is 0 Å². The molecule has 30 heavy (non-hydrogen) atoms. The number of anilines is 1.